The van der Waals surface area contributed by atoms with Gasteiger partial charge in [0, 0.05) is 45.3 Å². The van der Waals surface area contributed by atoms with E-state index in [1.165, 1.54) is 0 Å². The van der Waals surface area contributed by atoms with Crippen LogP contribution in [0.2, 0.25) is 0 Å². The lowest BCUT2D eigenvalue weighted by atomic mass is 10.0. The second-order valence-corrected chi connectivity index (χ2v) is 5.33. The van der Waals surface area contributed by atoms with E-state index in [-0.39, 0.29) is 12.0 Å². The summed E-state index contributed by atoms with van der Waals surface area (Å²) in [7, 11) is 0. The van der Waals surface area contributed by atoms with Crippen LogP contribution in [0, 0.1) is 5.92 Å². The zero-order valence-electron chi connectivity index (χ0n) is 10.7. The Bertz CT molecular complexity index is 279. The SMILES string of the molecule is CC(O)CN1CCN(C(=O)C2CNC2)CC1C. The second-order valence-electron chi connectivity index (χ2n) is 5.33. The molecule has 0 aromatic carbocycles. The summed E-state index contributed by atoms with van der Waals surface area (Å²) in [6.45, 7) is 8.77. The molecule has 17 heavy (non-hydrogen) atoms. The molecule has 5 nitrogen and oxygen atoms in total. The molecule has 0 saturated carbocycles. The fraction of sp³-hybridized carbons (Fsp3) is 0.917. The maximum atomic E-state index is 12.1. The number of aliphatic hydroxyl groups excluding tert-OH is 1. The maximum absolute atomic E-state index is 12.1. The van der Waals surface area contributed by atoms with Crippen LogP contribution in [0.15, 0.2) is 0 Å². The molecular formula is C12H23N3O2. The van der Waals surface area contributed by atoms with Gasteiger partial charge in [-0.25, -0.2) is 0 Å². The van der Waals surface area contributed by atoms with Gasteiger partial charge in [-0.05, 0) is 13.8 Å². The quantitative estimate of drug-likeness (QED) is 0.674. The summed E-state index contributed by atoms with van der Waals surface area (Å²) in [5, 5.41) is 12.5. The number of nitrogens with zero attached hydrogens (tertiary/aromatic N) is 2. The summed E-state index contributed by atoms with van der Waals surface area (Å²) < 4.78 is 0. The standard InChI is InChI=1S/C12H23N3O2/c1-9-7-15(12(17)11-5-13-6-11)4-3-14(9)8-10(2)16/h9-11,13,16H,3-8H2,1-2H3. The van der Waals surface area contributed by atoms with Gasteiger partial charge in [-0.2, -0.15) is 0 Å². The van der Waals surface area contributed by atoms with Crippen LogP contribution in [0.3, 0.4) is 0 Å². The van der Waals surface area contributed by atoms with E-state index in [0.717, 1.165) is 32.7 Å². The first kappa shape index (κ1) is 12.8. The topological polar surface area (TPSA) is 55.8 Å². The van der Waals surface area contributed by atoms with Crippen LogP contribution in [-0.2, 0) is 4.79 Å². The Balaban J connectivity index is 1.83. The van der Waals surface area contributed by atoms with Crippen molar-refractivity contribution in [3.8, 4) is 0 Å². The monoisotopic (exact) mass is 241 g/mol. The lowest BCUT2D eigenvalue weighted by Gasteiger charge is -2.42. The van der Waals surface area contributed by atoms with Crippen molar-refractivity contribution in [2.24, 2.45) is 5.92 Å². The molecule has 2 atom stereocenters. The number of hydrogen-bond donors (Lipinski definition) is 2. The molecule has 2 rings (SSSR count). The summed E-state index contributed by atoms with van der Waals surface area (Å²) in [6.07, 6.45) is -0.296. The van der Waals surface area contributed by atoms with Crippen molar-refractivity contribution >= 4 is 5.91 Å². The average molecular weight is 241 g/mol. The molecule has 0 bridgehead atoms. The summed E-state index contributed by atoms with van der Waals surface area (Å²) in [6, 6.07) is 0.343. The number of aliphatic hydroxyl groups is 1. The number of β-amino-alcohol motifs (C(OH)–C–C–N with tert-alkyl or cyclic N) is 1. The smallest absolute Gasteiger partial charge is 0.228 e. The predicted octanol–water partition coefficient (Wildman–Crippen LogP) is -0.881. The molecule has 2 fully saturated rings. The van der Waals surface area contributed by atoms with E-state index in [2.05, 4.69) is 17.1 Å². The molecule has 0 spiro atoms. The van der Waals surface area contributed by atoms with Crippen molar-refractivity contribution in [3.05, 3.63) is 0 Å². The molecule has 98 valence electrons. The van der Waals surface area contributed by atoms with Crippen LogP contribution >= 0.6 is 0 Å². The highest BCUT2D eigenvalue weighted by Crippen LogP contribution is 2.15. The Hall–Kier alpha value is -0.650. The molecule has 2 unspecified atom stereocenters. The van der Waals surface area contributed by atoms with Crippen LogP contribution in [0.4, 0.5) is 0 Å². The van der Waals surface area contributed by atoms with Crippen LogP contribution < -0.4 is 5.32 Å². The second kappa shape index (κ2) is 5.33. The Kier molecular flexibility index (Phi) is 4.01. The third kappa shape index (κ3) is 2.97. The first-order valence-corrected chi connectivity index (χ1v) is 6.49. The number of piperazine rings is 1. The number of rotatable bonds is 3. The summed E-state index contributed by atoms with van der Waals surface area (Å²) in [5.41, 5.74) is 0. The molecule has 5 heteroatoms. The van der Waals surface area contributed by atoms with Crippen molar-refractivity contribution in [1.82, 2.24) is 15.1 Å². The highest BCUT2D eigenvalue weighted by Gasteiger charge is 2.33. The predicted molar refractivity (Wildman–Crippen MR) is 65.7 cm³/mol. The number of carbonyl (C=O) groups is 1. The molecule has 1 amide bonds. The van der Waals surface area contributed by atoms with Gasteiger partial charge < -0.3 is 15.3 Å². The Labute approximate surface area is 103 Å². The van der Waals surface area contributed by atoms with E-state index in [1.807, 2.05) is 11.8 Å². The molecule has 0 radical (unpaired) electrons. The molecule has 0 aliphatic carbocycles. The van der Waals surface area contributed by atoms with Crippen molar-refractivity contribution in [1.29, 1.82) is 0 Å². The number of hydrogen-bond acceptors (Lipinski definition) is 4. The zero-order chi connectivity index (χ0) is 12.4. The molecule has 2 N–H and O–H groups in total. The highest BCUT2D eigenvalue weighted by molar-refractivity contribution is 5.80. The minimum Gasteiger partial charge on any atom is -0.392 e. The van der Waals surface area contributed by atoms with Crippen LogP contribution in [0.5, 0.6) is 0 Å². The third-order valence-electron chi connectivity index (χ3n) is 3.71. The summed E-state index contributed by atoms with van der Waals surface area (Å²) in [4.78, 5) is 16.3. The lowest BCUT2D eigenvalue weighted by molar-refractivity contribution is -0.140. The zero-order valence-corrected chi connectivity index (χ0v) is 10.7. The molecule has 2 aliphatic heterocycles. The first-order chi connectivity index (χ1) is 8.08. The van der Waals surface area contributed by atoms with E-state index < -0.39 is 0 Å². The van der Waals surface area contributed by atoms with E-state index in [0.29, 0.717) is 18.5 Å². The number of carbonyl (C=O) groups excluding carboxylic acids is 1. The third-order valence-corrected chi connectivity index (χ3v) is 3.71. The summed E-state index contributed by atoms with van der Waals surface area (Å²) in [5.74, 6) is 0.498. The molecular weight excluding hydrogens is 218 g/mol. The average Bonchev–Trinajstić information content (AvgIpc) is 2.17. The fourth-order valence-electron chi connectivity index (χ4n) is 2.53. The molecule has 0 aromatic heterocycles. The van der Waals surface area contributed by atoms with Gasteiger partial charge in [0.2, 0.25) is 5.91 Å². The van der Waals surface area contributed by atoms with Crippen LogP contribution in [-0.4, -0.2) is 72.2 Å². The van der Waals surface area contributed by atoms with Gasteiger partial charge in [-0.3, -0.25) is 9.69 Å². The van der Waals surface area contributed by atoms with Crippen molar-refractivity contribution in [3.63, 3.8) is 0 Å². The fourth-order valence-corrected chi connectivity index (χ4v) is 2.53. The van der Waals surface area contributed by atoms with Gasteiger partial charge in [0.25, 0.3) is 0 Å². The van der Waals surface area contributed by atoms with Crippen LogP contribution in [0.1, 0.15) is 13.8 Å². The van der Waals surface area contributed by atoms with Crippen molar-refractivity contribution < 1.29 is 9.90 Å². The molecule has 2 heterocycles. The lowest BCUT2D eigenvalue weighted by Crippen LogP contribution is -2.59. The minimum absolute atomic E-state index is 0.200. The van der Waals surface area contributed by atoms with Crippen molar-refractivity contribution in [2.45, 2.75) is 26.0 Å². The van der Waals surface area contributed by atoms with E-state index in [1.54, 1.807) is 0 Å². The Morgan fingerprint density at radius 2 is 2.18 bits per heavy atom. The largest absolute Gasteiger partial charge is 0.392 e. The Morgan fingerprint density at radius 1 is 1.47 bits per heavy atom. The first-order valence-electron chi connectivity index (χ1n) is 6.49. The minimum atomic E-state index is -0.296. The Morgan fingerprint density at radius 3 is 2.65 bits per heavy atom. The molecule has 0 aromatic rings. The van der Waals surface area contributed by atoms with Crippen LogP contribution in [0.25, 0.3) is 0 Å². The number of nitrogens with one attached hydrogen (secondary N) is 1. The van der Waals surface area contributed by atoms with E-state index in [4.69, 9.17) is 0 Å². The van der Waals surface area contributed by atoms with Gasteiger partial charge in [0.05, 0.1) is 12.0 Å². The normalized spacial score (nSPS) is 28.9. The maximum Gasteiger partial charge on any atom is 0.228 e. The molecule has 2 aliphatic rings. The highest BCUT2D eigenvalue weighted by atomic mass is 16.3. The number of amides is 1. The van der Waals surface area contributed by atoms with Gasteiger partial charge in [0.15, 0.2) is 0 Å². The van der Waals surface area contributed by atoms with Gasteiger partial charge in [0.1, 0.15) is 0 Å². The van der Waals surface area contributed by atoms with Gasteiger partial charge in [-0.1, -0.05) is 0 Å². The van der Waals surface area contributed by atoms with E-state index >= 15 is 0 Å². The van der Waals surface area contributed by atoms with Gasteiger partial charge in [-0.15, -0.1) is 0 Å². The van der Waals surface area contributed by atoms with Crippen molar-refractivity contribution in [2.75, 3.05) is 39.3 Å². The van der Waals surface area contributed by atoms with E-state index in [9.17, 15) is 9.90 Å². The van der Waals surface area contributed by atoms with Gasteiger partial charge >= 0.3 is 0 Å². The summed E-state index contributed by atoms with van der Waals surface area (Å²) >= 11 is 0. The molecule has 2 saturated heterocycles.